The zero-order chi connectivity index (χ0) is 11.8. The maximum atomic E-state index is 11.4. The van der Waals surface area contributed by atoms with Gasteiger partial charge in [0.05, 0.1) is 12.8 Å². The third kappa shape index (κ3) is 3.78. The summed E-state index contributed by atoms with van der Waals surface area (Å²) in [5, 5.41) is 5.40. The zero-order valence-corrected chi connectivity index (χ0v) is 9.32. The molecule has 1 rings (SSSR count). The number of carbonyl (C=O) groups excluding carboxylic acids is 1. The number of amides is 2. The monoisotopic (exact) mass is 223 g/mol. The number of nitrogens with one attached hydrogen (secondary N) is 2. The fourth-order valence-electron chi connectivity index (χ4n) is 1.22. The molecule has 0 heterocycles. The molecule has 0 bridgehead atoms. The van der Waals surface area contributed by atoms with E-state index in [1.54, 1.807) is 19.2 Å². The summed E-state index contributed by atoms with van der Waals surface area (Å²) in [7, 11) is 1.56. The molecule has 0 fully saturated rings. The highest BCUT2D eigenvalue weighted by Gasteiger charge is 2.05. The van der Waals surface area contributed by atoms with Crippen LogP contribution >= 0.6 is 0 Å². The molecule has 0 unspecified atom stereocenters. The molecule has 88 valence electrons. The van der Waals surface area contributed by atoms with Crippen molar-refractivity contribution in [2.45, 2.75) is 6.42 Å². The van der Waals surface area contributed by atoms with E-state index >= 15 is 0 Å². The lowest BCUT2D eigenvalue weighted by Gasteiger charge is -2.10. The first kappa shape index (κ1) is 12.3. The maximum absolute atomic E-state index is 11.4. The van der Waals surface area contributed by atoms with E-state index in [2.05, 4.69) is 10.6 Å². The van der Waals surface area contributed by atoms with Gasteiger partial charge in [-0.15, -0.1) is 0 Å². The van der Waals surface area contributed by atoms with E-state index < -0.39 is 0 Å². The zero-order valence-electron chi connectivity index (χ0n) is 9.32. The van der Waals surface area contributed by atoms with Crippen molar-refractivity contribution in [3.8, 4) is 5.75 Å². The van der Waals surface area contributed by atoms with Crippen LogP contribution in [0.25, 0.3) is 0 Å². The molecule has 5 heteroatoms. The normalized spacial score (nSPS) is 9.62. The highest BCUT2D eigenvalue weighted by molar-refractivity contribution is 5.90. The lowest BCUT2D eigenvalue weighted by atomic mass is 10.3. The van der Waals surface area contributed by atoms with Crippen LogP contribution in [0.2, 0.25) is 0 Å². The maximum Gasteiger partial charge on any atom is 0.319 e. The summed E-state index contributed by atoms with van der Waals surface area (Å²) in [6, 6.07) is 6.99. The highest BCUT2D eigenvalue weighted by atomic mass is 16.5. The van der Waals surface area contributed by atoms with Crippen molar-refractivity contribution in [3.05, 3.63) is 24.3 Å². The molecule has 0 atom stereocenters. The topological polar surface area (TPSA) is 76.4 Å². The van der Waals surface area contributed by atoms with Crippen LogP contribution in [0.15, 0.2) is 24.3 Å². The number of nitrogens with two attached hydrogens (primary N) is 1. The lowest BCUT2D eigenvalue weighted by molar-refractivity contribution is 0.252. The number of benzene rings is 1. The summed E-state index contributed by atoms with van der Waals surface area (Å²) in [5.74, 6) is 0.636. The third-order valence-corrected chi connectivity index (χ3v) is 2.02. The molecule has 0 aliphatic carbocycles. The van der Waals surface area contributed by atoms with Crippen molar-refractivity contribution in [2.24, 2.45) is 5.73 Å². The minimum absolute atomic E-state index is 0.252. The Morgan fingerprint density at radius 3 is 2.88 bits per heavy atom. The summed E-state index contributed by atoms with van der Waals surface area (Å²) in [6.45, 7) is 1.13. The number of ether oxygens (including phenoxy) is 1. The van der Waals surface area contributed by atoms with Crippen LogP contribution < -0.4 is 21.1 Å². The smallest absolute Gasteiger partial charge is 0.319 e. The van der Waals surface area contributed by atoms with Gasteiger partial charge in [0.2, 0.25) is 0 Å². The molecule has 0 aromatic heterocycles. The van der Waals surface area contributed by atoms with Crippen molar-refractivity contribution < 1.29 is 9.53 Å². The Labute approximate surface area is 95.0 Å². The van der Waals surface area contributed by atoms with E-state index in [0.29, 0.717) is 24.5 Å². The van der Waals surface area contributed by atoms with Gasteiger partial charge in [-0.3, -0.25) is 0 Å². The van der Waals surface area contributed by atoms with E-state index in [0.717, 1.165) is 6.42 Å². The van der Waals surface area contributed by atoms with Crippen molar-refractivity contribution in [1.29, 1.82) is 0 Å². The fourth-order valence-corrected chi connectivity index (χ4v) is 1.22. The molecule has 1 aromatic rings. The second-order valence-electron chi connectivity index (χ2n) is 3.22. The number of hydrogen-bond donors (Lipinski definition) is 3. The van der Waals surface area contributed by atoms with Crippen molar-refractivity contribution in [2.75, 3.05) is 25.5 Å². The van der Waals surface area contributed by atoms with Gasteiger partial charge in [-0.25, -0.2) is 4.79 Å². The molecular weight excluding hydrogens is 206 g/mol. The van der Waals surface area contributed by atoms with Gasteiger partial charge in [0.25, 0.3) is 0 Å². The number of urea groups is 1. The third-order valence-electron chi connectivity index (χ3n) is 2.02. The molecule has 0 radical (unpaired) electrons. The predicted molar refractivity (Wildman–Crippen MR) is 63.7 cm³/mol. The average Bonchev–Trinajstić information content (AvgIpc) is 2.30. The largest absolute Gasteiger partial charge is 0.495 e. The van der Waals surface area contributed by atoms with Gasteiger partial charge < -0.3 is 21.1 Å². The number of carbonyl (C=O) groups is 1. The van der Waals surface area contributed by atoms with Crippen LogP contribution in [0, 0.1) is 0 Å². The van der Waals surface area contributed by atoms with Crippen LogP contribution in [0.1, 0.15) is 6.42 Å². The van der Waals surface area contributed by atoms with Crippen LogP contribution in [0.5, 0.6) is 5.75 Å². The Morgan fingerprint density at radius 2 is 2.19 bits per heavy atom. The molecular formula is C11H17N3O2. The van der Waals surface area contributed by atoms with E-state index in [-0.39, 0.29) is 6.03 Å². The van der Waals surface area contributed by atoms with Gasteiger partial charge >= 0.3 is 6.03 Å². The molecule has 0 aliphatic heterocycles. The van der Waals surface area contributed by atoms with Crippen molar-refractivity contribution in [1.82, 2.24) is 5.32 Å². The van der Waals surface area contributed by atoms with Crippen molar-refractivity contribution in [3.63, 3.8) is 0 Å². The van der Waals surface area contributed by atoms with Gasteiger partial charge in [-0.1, -0.05) is 12.1 Å². The van der Waals surface area contributed by atoms with E-state index in [4.69, 9.17) is 10.5 Å². The number of anilines is 1. The molecule has 4 N–H and O–H groups in total. The SMILES string of the molecule is COc1ccccc1NC(=O)NCCCN. The first-order chi connectivity index (χ1) is 7.77. The lowest BCUT2D eigenvalue weighted by Crippen LogP contribution is -2.30. The molecule has 2 amide bonds. The van der Waals surface area contributed by atoms with E-state index in [1.807, 2.05) is 12.1 Å². The Hall–Kier alpha value is -1.75. The van der Waals surface area contributed by atoms with E-state index in [1.165, 1.54) is 0 Å². The van der Waals surface area contributed by atoms with E-state index in [9.17, 15) is 4.79 Å². The van der Waals surface area contributed by atoms with Gasteiger partial charge in [-0.2, -0.15) is 0 Å². The van der Waals surface area contributed by atoms with Gasteiger partial charge in [0.1, 0.15) is 5.75 Å². The molecule has 0 spiro atoms. The standard InChI is InChI=1S/C11H17N3O2/c1-16-10-6-3-2-5-9(10)14-11(15)13-8-4-7-12/h2-3,5-6H,4,7-8,12H2,1H3,(H2,13,14,15). The Bertz CT molecular complexity index is 342. The molecule has 16 heavy (non-hydrogen) atoms. The highest BCUT2D eigenvalue weighted by Crippen LogP contribution is 2.22. The summed E-state index contributed by atoms with van der Waals surface area (Å²) in [5.41, 5.74) is 5.97. The summed E-state index contributed by atoms with van der Waals surface area (Å²) >= 11 is 0. The average molecular weight is 223 g/mol. The van der Waals surface area contributed by atoms with Gasteiger partial charge in [-0.05, 0) is 25.1 Å². The second kappa shape index (κ2) is 6.68. The predicted octanol–water partition coefficient (Wildman–Crippen LogP) is 1.17. The summed E-state index contributed by atoms with van der Waals surface area (Å²) < 4.78 is 5.11. The number of para-hydroxylation sites is 2. The Kier molecular flexibility index (Phi) is 5.15. The first-order valence-corrected chi connectivity index (χ1v) is 5.16. The Morgan fingerprint density at radius 1 is 1.44 bits per heavy atom. The first-order valence-electron chi connectivity index (χ1n) is 5.16. The number of hydrogen-bond acceptors (Lipinski definition) is 3. The molecule has 1 aromatic carbocycles. The molecule has 0 saturated heterocycles. The molecule has 0 saturated carbocycles. The van der Waals surface area contributed by atoms with Crippen LogP contribution in [-0.2, 0) is 0 Å². The van der Waals surface area contributed by atoms with Gasteiger partial charge in [0, 0.05) is 6.54 Å². The number of methoxy groups -OCH3 is 1. The second-order valence-corrected chi connectivity index (χ2v) is 3.22. The number of rotatable bonds is 5. The van der Waals surface area contributed by atoms with Crippen LogP contribution in [0.4, 0.5) is 10.5 Å². The van der Waals surface area contributed by atoms with Crippen molar-refractivity contribution >= 4 is 11.7 Å². The molecule has 0 aliphatic rings. The minimum atomic E-state index is -0.252. The van der Waals surface area contributed by atoms with Crippen LogP contribution in [0.3, 0.4) is 0 Å². The van der Waals surface area contributed by atoms with Crippen LogP contribution in [-0.4, -0.2) is 26.2 Å². The summed E-state index contributed by atoms with van der Waals surface area (Å²) in [6.07, 6.45) is 0.763. The van der Waals surface area contributed by atoms with Gasteiger partial charge in [0.15, 0.2) is 0 Å². The fraction of sp³-hybridized carbons (Fsp3) is 0.364. The Balaban J connectivity index is 2.49. The minimum Gasteiger partial charge on any atom is -0.495 e. The quantitative estimate of drug-likeness (QED) is 0.656. The molecule has 5 nitrogen and oxygen atoms in total. The summed E-state index contributed by atoms with van der Waals surface area (Å²) in [4.78, 5) is 11.4.